The summed E-state index contributed by atoms with van der Waals surface area (Å²) in [6, 6.07) is 8.86. The Labute approximate surface area is 187 Å². The highest BCUT2D eigenvalue weighted by Crippen LogP contribution is 2.30. The molecular formula is C25H22BN3O3. The molecule has 3 aromatic rings. The van der Waals surface area contributed by atoms with Crippen LogP contribution in [0.15, 0.2) is 90.6 Å². The summed E-state index contributed by atoms with van der Waals surface area (Å²) in [5, 5.41) is 13.5. The average Bonchev–Trinajstić information content (AvgIpc) is 2.79. The number of rotatable bonds is 7. The lowest BCUT2D eigenvalue weighted by molar-refractivity contribution is 0.0966. The number of carbonyl (C=O) groups excluding carboxylic acids is 1. The number of carbonyl (C=O) groups is 1. The SMILES string of the molecule is [B]c1ccc(-c2cnc3c(c2)c(O)c(C(=O)NC=C)c(=O)n3CC(/C=C\C=C)=C/C)cc1. The number of hydrogen-bond donors (Lipinski definition) is 2. The minimum atomic E-state index is -0.750. The van der Waals surface area contributed by atoms with Crippen molar-refractivity contribution in [1.29, 1.82) is 0 Å². The van der Waals surface area contributed by atoms with E-state index in [-0.39, 0.29) is 23.1 Å². The second-order valence-electron chi connectivity index (χ2n) is 6.97. The number of fused-ring (bicyclic) bond motifs is 1. The molecule has 158 valence electrons. The molecule has 0 unspecified atom stereocenters. The van der Waals surface area contributed by atoms with Crippen LogP contribution in [0, 0.1) is 0 Å². The Bertz CT molecular complexity index is 1320. The highest BCUT2D eigenvalue weighted by molar-refractivity contribution is 6.32. The first-order chi connectivity index (χ1) is 15.4. The summed E-state index contributed by atoms with van der Waals surface area (Å²) in [5.74, 6) is -1.19. The molecule has 2 heterocycles. The summed E-state index contributed by atoms with van der Waals surface area (Å²) in [6.07, 6.45) is 9.80. The first-order valence-corrected chi connectivity index (χ1v) is 9.88. The molecule has 0 aliphatic rings. The fourth-order valence-corrected chi connectivity index (χ4v) is 3.28. The first kappa shape index (κ1) is 22.6. The molecule has 0 bridgehead atoms. The Hall–Kier alpha value is -4.13. The van der Waals surface area contributed by atoms with Gasteiger partial charge in [0.25, 0.3) is 11.5 Å². The van der Waals surface area contributed by atoms with E-state index < -0.39 is 17.2 Å². The second-order valence-corrected chi connectivity index (χ2v) is 6.97. The summed E-state index contributed by atoms with van der Waals surface area (Å²) < 4.78 is 1.36. The van der Waals surface area contributed by atoms with Crippen molar-refractivity contribution >= 4 is 30.2 Å². The standard InChI is InChI=1S/C25H22BN3O3/c1-4-7-8-16(5-2)15-29-23-20(22(30)21(25(29)32)24(31)27-6-3)13-18(14-28-23)17-9-11-19(26)12-10-17/h4-14,30H,1,3,15H2,2H3,(H,27,31)/b8-7-,16-5+. The van der Waals surface area contributed by atoms with E-state index in [1.165, 1.54) is 4.57 Å². The molecule has 1 aromatic carbocycles. The molecule has 32 heavy (non-hydrogen) atoms. The fourth-order valence-electron chi connectivity index (χ4n) is 3.28. The van der Waals surface area contributed by atoms with E-state index in [0.29, 0.717) is 11.0 Å². The molecule has 2 radical (unpaired) electrons. The van der Waals surface area contributed by atoms with Crippen LogP contribution in [0.3, 0.4) is 0 Å². The molecule has 0 aliphatic carbocycles. The molecule has 2 aromatic heterocycles. The molecule has 2 N–H and O–H groups in total. The van der Waals surface area contributed by atoms with Gasteiger partial charge in [-0.25, -0.2) is 4.98 Å². The van der Waals surface area contributed by atoms with E-state index in [9.17, 15) is 14.7 Å². The molecule has 0 saturated carbocycles. The highest BCUT2D eigenvalue weighted by atomic mass is 16.3. The number of nitrogens with one attached hydrogen (secondary N) is 1. The van der Waals surface area contributed by atoms with E-state index in [2.05, 4.69) is 23.5 Å². The average molecular weight is 423 g/mol. The third kappa shape index (κ3) is 4.47. The Kier molecular flexibility index (Phi) is 6.90. The highest BCUT2D eigenvalue weighted by Gasteiger charge is 2.23. The smallest absolute Gasteiger partial charge is 0.269 e. The van der Waals surface area contributed by atoms with Crippen molar-refractivity contribution < 1.29 is 9.90 Å². The van der Waals surface area contributed by atoms with E-state index in [0.717, 1.165) is 17.3 Å². The molecule has 0 atom stereocenters. The first-order valence-electron chi connectivity index (χ1n) is 9.88. The maximum Gasteiger partial charge on any atom is 0.269 e. The summed E-state index contributed by atoms with van der Waals surface area (Å²) in [4.78, 5) is 30.3. The zero-order chi connectivity index (χ0) is 23.3. The van der Waals surface area contributed by atoms with Crippen LogP contribution < -0.4 is 16.3 Å². The quantitative estimate of drug-likeness (QED) is 0.452. The van der Waals surface area contributed by atoms with Gasteiger partial charge in [-0.05, 0) is 30.3 Å². The second kappa shape index (κ2) is 9.79. The van der Waals surface area contributed by atoms with Gasteiger partial charge in [-0.1, -0.05) is 67.2 Å². The van der Waals surface area contributed by atoms with E-state index in [1.54, 1.807) is 36.5 Å². The van der Waals surface area contributed by atoms with Gasteiger partial charge in [0.05, 0.1) is 11.9 Å². The topological polar surface area (TPSA) is 84.2 Å². The number of aromatic hydroxyl groups is 1. The van der Waals surface area contributed by atoms with Gasteiger partial charge >= 0.3 is 0 Å². The molecule has 0 fully saturated rings. The maximum atomic E-state index is 13.2. The monoisotopic (exact) mass is 423 g/mol. The van der Waals surface area contributed by atoms with Crippen LogP contribution in [-0.2, 0) is 6.54 Å². The van der Waals surface area contributed by atoms with E-state index in [1.807, 2.05) is 31.2 Å². The molecule has 7 heteroatoms. The van der Waals surface area contributed by atoms with Gasteiger partial charge in [0.15, 0.2) is 0 Å². The van der Waals surface area contributed by atoms with Gasteiger partial charge in [-0.2, -0.15) is 0 Å². The van der Waals surface area contributed by atoms with E-state index >= 15 is 0 Å². The zero-order valence-electron chi connectivity index (χ0n) is 17.7. The van der Waals surface area contributed by atoms with Crippen molar-refractivity contribution in [2.75, 3.05) is 0 Å². The van der Waals surface area contributed by atoms with Gasteiger partial charge in [-0.15, -0.1) is 0 Å². The van der Waals surface area contributed by atoms with Crippen molar-refractivity contribution in [3.05, 3.63) is 102 Å². The lowest BCUT2D eigenvalue weighted by Crippen LogP contribution is -2.32. The minimum Gasteiger partial charge on any atom is -0.506 e. The molecule has 3 rings (SSSR count). The van der Waals surface area contributed by atoms with Crippen molar-refractivity contribution in [1.82, 2.24) is 14.9 Å². The van der Waals surface area contributed by atoms with Gasteiger partial charge in [0.1, 0.15) is 24.8 Å². The molecule has 0 saturated heterocycles. The fraction of sp³-hybridized carbons (Fsp3) is 0.0800. The molecule has 0 aliphatic heterocycles. The minimum absolute atomic E-state index is 0.152. The number of nitrogens with zero attached hydrogens (tertiary/aromatic N) is 2. The maximum absolute atomic E-state index is 13.2. The number of aromatic nitrogens is 2. The Morgan fingerprint density at radius 2 is 1.97 bits per heavy atom. The molecule has 1 amide bonds. The summed E-state index contributed by atoms with van der Waals surface area (Å²) in [6.45, 7) is 9.10. The summed E-state index contributed by atoms with van der Waals surface area (Å²) in [7, 11) is 5.77. The van der Waals surface area contributed by atoms with Crippen LogP contribution in [0.2, 0.25) is 0 Å². The van der Waals surface area contributed by atoms with Crippen LogP contribution in [0.5, 0.6) is 5.75 Å². The number of pyridine rings is 2. The van der Waals surface area contributed by atoms with Gasteiger partial charge < -0.3 is 10.4 Å². The van der Waals surface area contributed by atoms with Crippen LogP contribution in [0.4, 0.5) is 0 Å². The zero-order valence-corrected chi connectivity index (χ0v) is 17.7. The van der Waals surface area contributed by atoms with Gasteiger partial charge in [-0.3, -0.25) is 14.2 Å². The van der Waals surface area contributed by atoms with Crippen LogP contribution >= 0.6 is 0 Å². The van der Waals surface area contributed by atoms with Crippen molar-refractivity contribution in [2.24, 2.45) is 0 Å². The third-order valence-corrected chi connectivity index (χ3v) is 4.94. The largest absolute Gasteiger partial charge is 0.506 e. The third-order valence-electron chi connectivity index (χ3n) is 4.94. The molecule has 0 spiro atoms. The Morgan fingerprint density at radius 1 is 1.25 bits per heavy atom. The Balaban J connectivity index is 2.30. The predicted molar refractivity (Wildman–Crippen MR) is 129 cm³/mol. The van der Waals surface area contributed by atoms with Crippen molar-refractivity contribution in [3.8, 4) is 16.9 Å². The lowest BCUT2D eigenvalue weighted by atomic mass is 9.94. The van der Waals surface area contributed by atoms with Gasteiger partial charge in [0, 0.05) is 11.8 Å². The number of hydrogen-bond acceptors (Lipinski definition) is 4. The predicted octanol–water partition coefficient (Wildman–Crippen LogP) is 3.12. The number of allylic oxidation sites excluding steroid dienone is 5. The van der Waals surface area contributed by atoms with E-state index in [4.69, 9.17) is 7.85 Å². The van der Waals surface area contributed by atoms with Crippen molar-refractivity contribution in [3.63, 3.8) is 0 Å². The van der Waals surface area contributed by atoms with Crippen LogP contribution in [0.1, 0.15) is 17.3 Å². The van der Waals surface area contributed by atoms with Crippen molar-refractivity contribution in [2.45, 2.75) is 13.5 Å². The number of benzene rings is 1. The van der Waals surface area contributed by atoms with Gasteiger partial charge in [0.2, 0.25) is 0 Å². The normalized spacial score (nSPS) is 11.6. The Morgan fingerprint density at radius 3 is 2.59 bits per heavy atom. The van der Waals surface area contributed by atoms with Crippen LogP contribution in [0.25, 0.3) is 22.2 Å². The summed E-state index contributed by atoms with van der Waals surface area (Å²) in [5.41, 5.74) is 2.17. The molecular weight excluding hydrogens is 401 g/mol. The lowest BCUT2D eigenvalue weighted by Gasteiger charge is -2.15. The number of amides is 1. The summed E-state index contributed by atoms with van der Waals surface area (Å²) >= 11 is 0. The molecule has 6 nitrogen and oxygen atoms in total. The van der Waals surface area contributed by atoms with Crippen LogP contribution in [-0.4, -0.2) is 28.4 Å².